The van der Waals surface area contributed by atoms with Crippen LogP contribution in [0.4, 0.5) is 0 Å². The first-order valence-corrected chi connectivity index (χ1v) is 8.64. The Morgan fingerprint density at radius 1 is 1.22 bits per heavy atom. The third kappa shape index (κ3) is 2.68. The molecule has 3 heterocycles. The topological polar surface area (TPSA) is 107 Å². The van der Waals surface area contributed by atoms with Crippen LogP contribution in [0, 0.1) is 0 Å². The number of hydrogen-bond donors (Lipinski definition) is 2. The number of aromatic nitrogens is 4. The third-order valence-corrected chi connectivity index (χ3v) is 4.71. The minimum absolute atomic E-state index is 0.112. The highest BCUT2D eigenvalue weighted by Gasteiger charge is 2.18. The number of rotatable bonds is 3. The predicted molar refractivity (Wildman–Crippen MR) is 105 cm³/mol. The highest BCUT2D eigenvalue weighted by atomic mass is 16.1. The molecule has 3 N–H and O–H groups in total. The number of aromatic amines is 1. The number of benzene rings is 1. The van der Waals surface area contributed by atoms with Crippen molar-refractivity contribution in [3.63, 3.8) is 0 Å². The van der Waals surface area contributed by atoms with Crippen LogP contribution in [-0.2, 0) is 7.05 Å². The number of carbonyl (C=O) groups excluding carboxylic acids is 1. The summed E-state index contributed by atoms with van der Waals surface area (Å²) in [6, 6.07) is 5.91. The van der Waals surface area contributed by atoms with Gasteiger partial charge in [-0.1, -0.05) is 26.0 Å². The molecule has 0 unspecified atom stereocenters. The van der Waals surface area contributed by atoms with Crippen LogP contribution in [0.5, 0.6) is 0 Å². The number of primary amides is 1. The molecular formula is C20H19N5O2. The van der Waals surface area contributed by atoms with Gasteiger partial charge in [-0.25, -0.2) is 0 Å². The molecule has 0 bridgehead atoms. The molecule has 0 saturated heterocycles. The SMILES string of the molecule is CC(C)c1nc2c(C(N)=O)c[nH]c(=O)c2c2cc(-c3cnn(C)c3)ccc12. The van der Waals surface area contributed by atoms with Crippen LogP contribution in [0.15, 0.2) is 41.6 Å². The largest absolute Gasteiger partial charge is 0.365 e. The van der Waals surface area contributed by atoms with E-state index >= 15 is 0 Å². The lowest BCUT2D eigenvalue weighted by molar-refractivity contribution is 0.100. The Balaban J connectivity index is 2.19. The van der Waals surface area contributed by atoms with Gasteiger partial charge in [0.1, 0.15) is 0 Å². The van der Waals surface area contributed by atoms with Crippen molar-refractivity contribution >= 4 is 27.6 Å². The van der Waals surface area contributed by atoms with Gasteiger partial charge in [-0.2, -0.15) is 5.10 Å². The van der Waals surface area contributed by atoms with Gasteiger partial charge < -0.3 is 10.7 Å². The van der Waals surface area contributed by atoms with Crippen molar-refractivity contribution in [2.75, 3.05) is 0 Å². The highest BCUT2D eigenvalue weighted by Crippen LogP contribution is 2.32. The number of fused-ring (bicyclic) bond motifs is 3. The zero-order valence-electron chi connectivity index (χ0n) is 15.3. The van der Waals surface area contributed by atoms with Crippen LogP contribution < -0.4 is 11.3 Å². The van der Waals surface area contributed by atoms with Crippen LogP contribution >= 0.6 is 0 Å². The summed E-state index contributed by atoms with van der Waals surface area (Å²) in [5, 5.41) is 6.21. The zero-order chi connectivity index (χ0) is 19.3. The molecule has 0 aliphatic heterocycles. The van der Waals surface area contributed by atoms with Gasteiger partial charge in [0, 0.05) is 30.4 Å². The van der Waals surface area contributed by atoms with E-state index in [1.54, 1.807) is 10.9 Å². The molecule has 7 nitrogen and oxygen atoms in total. The number of amides is 1. The number of H-pyrrole nitrogens is 1. The second-order valence-corrected chi connectivity index (χ2v) is 6.93. The van der Waals surface area contributed by atoms with Gasteiger partial charge >= 0.3 is 0 Å². The van der Waals surface area contributed by atoms with Crippen molar-refractivity contribution in [1.82, 2.24) is 19.7 Å². The van der Waals surface area contributed by atoms with E-state index in [0.29, 0.717) is 10.9 Å². The molecule has 0 atom stereocenters. The van der Waals surface area contributed by atoms with E-state index in [1.807, 2.05) is 45.3 Å². The fraction of sp³-hybridized carbons (Fsp3) is 0.200. The Kier molecular flexibility index (Phi) is 3.80. The third-order valence-electron chi connectivity index (χ3n) is 4.71. The maximum absolute atomic E-state index is 12.6. The highest BCUT2D eigenvalue weighted by molar-refractivity contribution is 6.13. The number of carbonyl (C=O) groups is 1. The molecule has 4 rings (SSSR count). The van der Waals surface area contributed by atoms with E-state index in [4.69, 9.17) is 5.73 Å². The summed E-state index contributed by atoms with van der Waals surface area (Å²) in [7, 11) is 1.85. The van der Waals surface area contributed by atoms with Crippen LogP contribution in [0.1, 0.15) is 35.8 Å². The number of aryl methyl sites for hydroxylation is 1. The molecule has 0 aliphatic rings. The number of pyridine rings is 2. The summed E-state index contributed by atoms with van der Waals surface area (Å²) in [6.07, 6.45) is 5.01. The number of nitrogens with one attached hydrogen (secondary N) is 1. The van der Waals surface area contributed by atoms with Gasteiger partial charge in [-0.15, -0.1) is 0 Å². The maximum Gasteiger partial charge on any atom is 0.258 e. The average Bonchev–Trinajstić information content (AvgIpc) is 3.06. The first-order valence-electron chi connectivity index (χ1n) is 8.64. The van der Waals surface area contributed by atoms with E-state index in [0.717, 1.165) is 27.6 Å². The molecule has 3 aromatic heterocycles. The molecular weight excluding hydrogens is 342 g/mol. The fourth-order valence-electron chi connectivity index (χ4n) is 3.42. The van der Waals surface area contributed by atoms with Crippen LogP contribution in [0.2, 0.25) is 0 Å². The van der Waals surface area contributed by atoms with E-state index in [2.05, 4.69) is 15.1 Å². The molecule has 1 amide bonds. The summed E-state index contributed by atoms with van der Waals surface area (Å²) < 4.78 is 1.72. The Labute approximate surface area is 154 Å². The quantitative estimate of drug-likeness (QED) is 0.547. The minimum Gasteiger partial charge on any atom is -0.365 e. The molecule has 0 fully saturated rings. The van der Waals surface area contributed by atoms with Gasteiger partial charge in [0.25, 0.3) is 11.5 Å². The standard InChI is InChI=1S/C20H19N5O2/c1-10(2)17-13-5-4-11(12-7-23-25(3)9-12)6-14(13)16-18(24-17)15(19(21)26)8-22-20(16)27/h4-10H,1-3H3,(H2,21,26)(H,22,27). The van der Waals surface area contributed by atoms with Crippen molar-refractivity contribution in [3.8, 4) is 11.1 Å². The Bertz CT molecular complexity index is 1270. The van der Waals surface area contributed by atoms with Crippen molar-refractivity contribution in [3.05, 3.63) is 58.4 Å². The van der Waals surface area contributed by atoms with Crippen molar-refractivity contribution in [1.29, 1.82) is 0 Å². The summed E-state index contributed by atoms with van der Waals surface area (Å²) in [5.41, 5.74) is 8.46. The second-order valence-electron chi connectivity index (χ2n) is 6.93. The van der Waals surface area contributed by atoms with Gasteiger partial charge in [-0.3, -0.25) is 19.3 Å². The Morgan fingerprint density at radius 3 is 2.63 bits per heavy atom. The summed E-state index contributed by atoms with van der Waals surface area (Å²) in [6.45, 7) is 4.06. The van der Waals surface area contributed by atoms with Crippen molar-refractivity contribution in [2.24, 2.45) is 12.8 Å². The molecule has 7 heteroatoms. The van der Waals surface area contributed by atoms with Crippen LogP contribution in [0.25, 0.3) is 32.8 Å². The normalized spacial score (nSPS) is 11.6. The van der Waals surface area contributed by atoms with E-state index in [-0.39, 0.29) is 17.0 Å². The van der Waals surface area contributed by atoms with Gasteiger partial charge in [-0.05, 0) is 22.9 Å². The Morgan fingerprint density at radius 2 is 2.00 bits per heavy atom. The van der Waals surface area contributed by atoms with Crippen molar-refractivity contribution < 1.29 is 4.79 Å². The monoisotopic (exact) mass is 361 g/mol. The number of nitrogens with two attached hydrogens (primary N) is 1. The molecule has 0 saturated carbocycles. The molecule has 0 spiro atoms. The predicted octanol–water partition coefficient (Wildman–Crippen LogP) is 2.70. The van der Waals surface area contributed by atoms with Crippen LogP contribution in [0.3, 0.4) is 0 Å². The smallest absolute Gasteiger partial charge is 0.258 e. The first kappa shape index (κ1) is 17.0. The Hall–Kier alpha value is -3.48. The number of nitrogens with zero attached hydrogens (tertiary/aromatic N) is 3. The van der Waals surface area contributed by atoms with E-state index in [1.165, 1.54) is 6.20 Å². The van der Waals surface area contributed by atoms with E-state index in [9.17, 15) is 9.59 Å². The molecule has 1 aromatic carbocycles. The summed E-state index contributed by atoms with van der Waals surface area (Å²) in [5.74, 6) is -0.512. The lowest BCUT2D eigenvalue weighted by atomic mass is 9.95. The first-order chi connectivity index (χ1) is 12.9. The molecule has 0 radical (unpaired) electrons. The molecule has 27 heavy (non-hydrogen) atoms. The van der Waals surface area contributed by atoms with E-state index < -0.39 is 5.91 Å². The maximum atomic E-state index is 12.6. The van der Waals surface area contributed by atoms with Crippen LogP contribution in [-0.4, -0.2) is 25.7 Å². The van der Waals surface area contributed by atoms with Crippen molar-refractivity contribution in [2.45, 2.75) is 19.8 Å². The molecule has 136 valence electrons. The number of hydrogen-bond acceptors (Lipinski definition) is 4. The molecule has 4 aromatic rings. The second kappa shape index (κ2) is 6.05. The van der Waals surface area contributed by atoms with Gasteiger partial charge in [0.15, 0.2) is 0 Å². The lowest BCUT2D eigenvalue weighted by Crippen LogP contribution is -2.17. The summed E-state index contributed by atoms with van der Waals surface area (Å²) in [4.78, 5) is 31.8. The zero-order valence-corrected chi connectivity index (χ0v) is 15.3. The summed E-state index contributed by atoms with van der Waals surface area (Å²) >= 11 is 0. The lowest BCUT2D eigenvalue weighted by Gasteiger charge is -2.14. The average molecular weight is 361 g/mol. The minimum atomic E-state index is -0.624. The fourth-order valence-corrected chi connectivity index (χ4v) is 3.42. The van der Waals surface area contributed by atoms with Gasteiger partial charge in [0.05, 0.1) is 28.4 Å². The molecule has 0 aliphatic carbocycles. The van der Waals surface area contributed by atoms with Gasteiger partial charge in [0.2, 0.25) is 0 Å².